The van der Waals surface area contributed by atoms with Crippen LogP contribution in [0.15, 0.2) is 30.3 Å². The summed E-state index contributed by atoms with van der Waals surface area (Å²) in [6.45, 7) is 2.91. The summed E-state index contributed by atoms with van der Waals surface area (Å²) >= 11 is 1.55. The standard InChI is InChI=1S/C15H20N2O2S/c1-2-12(13-6-4-3-5-7-13)8-16-14(18)9-17-11-20-10-15(17)19/h3-7,12H,2,8-11H2,1H3,(H,16,18)/t12-/m0/s1. The zero-order valence-corrected chi connectivity index (χ0v) is 12.5. The molecule has 1 N–H and O–H groups in total. The van der Waals surface area contributed by atoms with E-state index in [1.54, 1.807) is 16.7 Å². The Morgan fingerprint density at radius 2 is 2.15 bits per heavy atom. The number of carbonyl (C=O) groups excluding carboxylic acids is 2. The average Bonchev–Trinajstić information content (AvgIpc) is 2.86. The molecule has 2 amide bonds. The van der Waals surface area contributed by atoms with Crippen LogP contribution in [0.2, 0.25) is 0 Å². The number of nitrogens with zero attached hydrogens (tertiary/aromatic N) is 1. The first kappa shape index (κ1) is 14.9. The number of rotatable bonds is 6. The topological polar surface area (TPSA) is 49.4 Å². The van der Waals surface area contributed by atoms with E-state index in [-0.39, 0.29) is 18.4 Å². The summed E-state index contributed by atoms with van der Waals surface area (Å²) in [5.41, 5.74) is 1.24. The van der Waals surface area contributed by atoms with Gasteiger partial charge < -0.3 is 10.2 Å². The van der Waals surface area contributed by atoms with Crippen LogP contribution >= 0.6 is 11.8 Å². The van der Waals surface area contributed by atoms with E-state index in [1.807, 2.05) is 18.2 Å². The van der Waals surface area contributed by atoms with Gasteiger partial charge in [0.2, 0.25) is 11.8 Å². The molecule has 0 unspecified atom stereocenters. The SMILES string of the molecule is CC[C@@H](CNC(=O)CN1CSCC1=O)c1ccccc1. The van der Waals surface area contributed by atoms with Crippen molar-refractivity contribution in [1.82, 2.24) is 10.2 Å². The number of hydrogen-bond acceptors (Lipinski definition) is 3. The van der Waals surface area contributed by atoms with Gasteiger partial charge in [-0.25, -0.2) is 0 Å². The quantitative estimate of drug-likeness (QED) is 0.870. The lowest BCUT2D eigenvalue weighted by molar-refractivity contribution is -0.132. The van der Waals surface area contributed by atoms with Gasteiger partial charge in [-0.15, -0.1) is 11.8 Å². The Morgan fingerprint density at radius 3 is 2.75 bits per heavy atom. The molecule has 1 aromatic rings. The van der Waals surface area contributed by atoms with Crippen LogP contribution in [0.4, 0.5) is 0 Å². The van der Waals surface area contributed by atoms with Gasteiger partial charge in [-0.2, -0.15) is 0 Å². The predicted octanol–water partition coefficient (Wildman–Crippen LogP) is 1.83. The van der Waals surface area contributed by atoms with Crippen molar-refractivity contribution in [2.45, 2.75) is 19.3 Å². The molecule has 1 aliphatic rings. The molecule has 1 atom stereocenters. The van der Waals surface area contributed by atoms with E-state index < -0.39 is 0 Å². The third-order valence-electron chi connectivity index (χ3n) is 3.47. The van der Waals surface area contributed by atoms with Crippen LogP contribution in [0.1, 0.15) is 24.8 Å². The van der Waals surface area contributed by atoms with Crippen LogP contribution in [0, 0.1) is 0 Å². The molecule has 0 saturated carbocycles. The highest BCUT2D eigenvalue weighted by atomic mass is 32.2. The minimum atomic E-state index is -0.0739. The maximum Gasteiger partial charge on any atom is 0.239 e. The van der Waals surface area contributed by atoms with Gasteiger partial charge in [-0.1, -0.05) is 37.3 Å². The van der Waals surface area contributed by atoms with Crippen molar-refractivity contribution >= 4 is 23.6 Å². The summed E-state index contributed by atoms with van der Waals surface area (Å²) < 4.78 is 0. The fourth-order valence-corrected chi connectivity index (χ4v) is 3.13. The Balaban J connectivity index is 1.81. The minimum absolute atomic E-state index is 0.0558. The smallest absolute Gasteiger partial charge is 0.239 e. The Kier molecular flexibility index (Phi) is 5.47. The van der Waals surface area contributed by atoms with Crippen molar-refractivity contribution in [3.63, 3.8) is 0 Å². The van der Waals surface area contributed by atoms with E-state index in [9.17, 15) is 9.59 Å². The molecule has 2 rings (SSSR count). The Labute approximate surface area is 123 Å². The van der Waals surface area contributed by atoms with Crippen molar-refractivity contribution in [2.24, 2.45) is 0 Å². The van der Waals surface area contributed by atoms with Crippen LogP contribution in [-0.2, 0) is 9.59 Å². The van der Waals surface area contributed by atoms with E-state index in [2.05, 4.69) is 24.4 Å². The van der Waals surface area contributed by atoms with E-state index >= 15 is 0 Å². The maximum atomic E-state index is 11.9. The molecule has 1 fully saturated rings. The molecule has 0 spiro atoms. The lowest BCUT2D eigenvalue weighted by atomic mass is 9.96. The highest BCUT2D eigenvalue weighted by Gasteiger charge is 2.23. The Bertz CT molecular complexity index is 464. The van der Waals surface area contributed by atoms with E-state index in [0.717, 1.165) is 6.42 Å². The summed E-state index contributed by atoms with van der Waals surface area (Å²) in [4.78, 5) is 24.9. The molecule has 0 bridgehead atoms. The zero-order chi connectivity index (χ0) is 14.4. The molecule has 1 aromatic carbocycles. The number of benzene rings is 1. The lowest BCUT2D eigenvalue weighted by Crippen LogP contribution is -2.39. The number of carbonyl (C=O) groups is 2. The van der Waals surface area contributed by atoms with Gasteiger partial charge in [0, 0.05) is 12.5 Å². The molecule has 5 heteroatoms. The molecule has 1 aliphatic heterocycles. The number of hydrogen-bond donors (Lipinski definition) is 1. The van der Waals surface area contributed by atoms with Gasteiger partial charge >= 0.3 is 0 Å². The highest BCUT2D eigenvalue weighted by Crippen LogP contribution is 2.18. The molecule has 0 aliphatic carbocycles. The van der Waals surface area contributed by atoms with Crippen molar-refractivity contribution < 1.29 is 9.59 Å². The van der Waals surface area contributed by atoms with Crippen molar-refractivity contribution in [1.29, 1.82) is 0 Å². The summed E-state index contributed by atoms with van der Waals surface area (Å²) in [7, 11) is 0. The summed E-state index contributed by atoms with van der Waals surface area (Å²) in [5, 5.41) is 2.94. The number of thioether (sulfide) groups is 1. The monoisotopic (exact) mass is 292 g/mol. The first-order chi connectivity index (χ1) is 9.70. The first-order valence-corrected chi connectivity index (χ1v) is 8.03. The Morgan fingerprint density at radius 1 is 1.40 bits per heavy atom. The van der Waals surface area contributed by atoms with Gasteiger partial charge in [0.25, 0.3) is 0 Å². The van der Waals surface area contributed by atoms with Gasteiger partial charge in [0.1, 0.15) is 6.54 Å². The first-order valence-electron chi connectivity index (χ1n) is 6.88. The van der Waals surface area contributed by atoms with Crippen molar-refractivity contribution in [2.75, 3.05) is 24.7 Å². The summed E-state index contributed by atoms with van der Waals surface area (Å²) in [6, 6.07) is 10.2. The molecule has 1 saturated heterocycles. The van der Waals surface area contributed by atoms with Crippen LogP contribution < -0.4 is 5.32 Å². The molecular formula is C15H20N2O2S. The second-order valence-electron chi connectivity index (χ2n) is 4.89. The maximum absolute atomic E-state index is 11.9. The normalized spacial score (nSPS) is 16.2. The fourth-order valence-electron chi connectivity index (χ4n) is 2.23. The van der Waals surface area contributed by atoms with Crippen LogP contribution in [-0.4, -0.2) is 41.4 Å². The summed E-state index contributed by atoms with van der Waals surface area (Å²) in [6.07, 6.45) is 0.975. The molecular weight excluding hydrogens is 272 g/mol. The number of nitrogens with one attached hydrogen (secondary N) is 1. The highest BCUT2D eigenvalue weighted by molar-refractivity contribution is 8.00. The van der Waals surface area contributed by atoms with Gasteiger partial charge in [0.15, 0.2) is 0 Å². The van der Waals surface area contributed by atoms with Gasteiger partial charge in [-0.05, 0) is 12.0 Å². The van der Waals surface area contributed by atoms with E-state index in [4.69, 9.17) is 0 Å². The molecule has 1 heterocycles. The molecule has 0 radical (unpaired) electrons. The lowest BCUT2D eigenvalue weighted by Gasteiger charge is -2.18. The van der Waals surface area contributed by atoms with Crippen molar-refractivity contribution in [3.05, 3.63) is 35.9 Å². The molecule has 0 aromatic heterocycles. The third-order valence-corrected chi connectivity index (χ3v) is 4.41. The van der Waals surface area contributed by atoms with Gasteiger partial charge in [-0.3, -0.25) is 9.59 Å². The number of amides is 2. The molecule has 108 valence electrons. The van der Waals surface area contributed by atoms with Crippen LogP contribution in [0.3, 0.4) is 0 Å². The summed E-state index contributed by atoms with van der Waals surface area (Å²) in [5.74, 6) is 1.43. The Hall–Kier alpha value is -1.49. The third kappa shape index (κ3) is 4.00. The average molecular weight is 292 g/mol. The molecule has 20 heavy (non-hydrogen) atoms. The van der Waals surface area contributed by atoms with Gasteiger partial charge in [0.05, 0.1) is 11.6 Å². The largest absolute Gasteiger partial charge is 0.354 e. The second-order valence-corrected chi connectivity index (χ2v) is 5.84. The second kappa shape index (κ2) is 7.33. The minimum Gasteiger partial charge on any atom is -0.354 e. The van der Waals surface area contributed by atoms with Crippen LogP contribution in [0.25, 0.3) is 0 Å². The van der Waals surface area contributed by atoms with E-state index in [1.165, 1.54) is 5.56 Å². The van der Waals surface area contributed by atoms with E-state index in [0.29, 0.717) is 24.1 Å². The predicted molar refractivity (Wildman–Crippen MR) is 81.5 cm³/mol. The fraction of sp³-hybridized carbons (Fsp3) is 0.467. The zero-order valence-electron chi connectivity index (χ0n) is 11.7. The van der Waals surface area contributed by atoms with Crippen molar-refractivity contribution in [3.8, 4) is 0 Å². The van der Waals surface area contributed by atoms with Crippen LogP contribution in [0.5, 0.6) is 0 Å². The molecule has 4 nitrogen and oxygen atoms in total.